The number of aliphatic hydroxyl groups is 1. The molecule has 1 aliphatic heterocycles. The molecule has 0 aliphatic carbocycles. The van der Waals surface area contributed by atoms with Crippen molar-refractivity contribution in [3.8, 4) is 0 Å². The lowest BCUT2D eigenvalue weighted by Crippen LogP contribution is -2.47. The first kappa shape index (κ1) is 11.9. The van der Waals surface area contributed by atoms with E-state index in [1.165, 1.54) is 5.69 Å². The van der Waals surface area contributed by atoms with Crippen LogP contribution in [-0.2, 0) is 0 Å². The molecule has 0 saturated carbocycles. The molecule has 1 aromatic rings. The molecule has 0 amide bonds. The molecule has 87 valence electrons. The second kappa shape index (κ2) is 5.66. The maximum Gasteiger partial charge on any atom is 0.0558 e. The monoisotopic (exact) mass is 283 g/mol. The van der Waals surface area contributed by atoms with Gasteiger partial charge in [0.25, 0.3) is 0 Å². The highest BCUT2D eigenvalue weighted by atomic mass is 79.9. The molecule has 1 fully saturated rings. The van der Waals surface area contributed by atoms with E-state index in [9.17, 15) is 0 Å². The van der Waals surface area contributed by atoms with E-state index in [1.54, 1.807) is 0 Å². The van der Waals surface area contributed by atoms with Crippen molar-refractivity contribution in [2.75, 3.05) is 44.2 Å². The number of hydrogen-bond acceptors (Lipinski definition) is 3. The third-order valence-electron chi connectivity index (χ3n) is 2.90. The minimum absolute atomic E-state index is 0.256. The lowest BCUT2D eigenvalue weighted by atomic mass is 10.2. The van der Waals surface area contributed by atoms with Crippen LogP contribution in [0.1, 0.15) is 0 Å². The Hall–Kier alpha value is -0.580. The minimum Gasteiger partial charge on any atom is -0.395 e. The molecular weight excluding hydrogens is 268 g/mol. The van der Waals surface area contributed by atoms with Crippen molar-refractivity contribution < 1.29 is 5.11 Å². The van der Waals surface area contributed by atoms with Crippen LogP contribution in [0, 0.1) is 6.07 Å². The molecule has 1 radical (unpaired) electrons. The van der Waals surface area contributed by atoms with Crippen molar-refractivity contribution in [3.05, 3.63) is 28.7 Å². The molecule has 16 heavy (non-hydrogen) atoms. The zero-order valence-electron chi connectivity index (χ0n) is 9.19. The van der Waals surface area contributed by atoms with Gasteiger partial charge in [-0.05, 0) is 18.2 Å². The average molecular weight is 284 g/mol. The van der Waals surface area contributed by atoms with Crippen LogP contribution in [0.4, 0.5) is 5.69 Å². The molecular formula is C12H16BrN2O. The molecule has 2 rings (SSSR count). The quantitative estimate of drug-likeness (QED) is 0.908. The highest BCUT2D eigenvalue weighted by Crippen LogP contribution is 2.20. The Morgan fingerprint density at radius 1 is 1.31 bits per heavy atom. The fraction of sp³-hybridized carbons (Fsp3) is 0.500. The fourth-order valence-electron chi connectivity index (χ4n) is 1.99. The standard InChI is InChI=1S/C12H16BrN2O/c13-11-2-1-3-12(10-11)15-6-4-14(5-7-15)8-9-16/h1,3,10,16H,4-9H2. The van der Waals surface area contributed by atoms with Crippen LogP contribution in [0.3, 0.4) is 0 Å². The van der Waals surface area contributed by atoms with E-state index in [0.717, 1.165) is 37.2 Å². The SMILES string of the molecule is OCCN1CCN(c2cc[c]c(Br)c2)CC1. The summed E-state index contributed by atoms with van der Waals surface area (Å²) in [5.41, 5.74) is 1.24. The molecule has 3 nitrogen and oxygen atoms in total. The number of nitrogens with zero attached hydrogens (tertiary/aromatic N) is 2. The van der Waals surface area contributed by atoms with Crippen molar-refractivity contribution in [1.29, 1.82) is 0 Å². The average Bonchev–Trinajstić information content (AvgIpc) is 2.30. The highest BCUT2D eigenvalue weighted by molar-refractivity contribution is 9.10. The third kappa shape index (κ3) is 2.97. The maximum absolute atomic E-state index is 8.87. The first-order valence-corrected chi connectivity index (χ1v) is 6.34. The molecule has 0 atom stereocenters. The van der Waals surface area contributed by atoms with Gasteiger partial charge in [-0.1, -0.05) is 22.0 Å². The van der Waals surface area contributed by atoms with Gasteiger partial charge >= 0.3 is 0 Å². The number of benzene rings is 1. The molecule has 0 aromatic heterocycles. The Morgan fingerprint density at radius 2 is 2.06 bits per heavy atom. The van der Waals surface area contributed by atoms with E-state index in [-0.39, 0.29) is 6.61 Å². The van der Waals surface area contributed by atoms with Crippen LogP contribution < -0.4 is 4.90 Å². The Kier molecular flexibility index (Phi) is 4.21. The molecule has 1 aliphatic rings. The summed E-state index contributed by atoms with van der Waals surface area (Å²) in [5.74, 6) is 0. The van der Waals surface area contributed by atoms with Gasteiger partial charge in [-0.3, -0.25) is 4.90 Å². The summed E-state index contributed by atoms with van der Waals surface area (Å²) in [7, 11) is 0. The summed E-state index contributed by atoms with van der Waals surface area (Å²) in [6.07, 6.45) is 0. The van der Waals surface area contributed by atoms with Crippen LogP contribution in [0.2, 0.25) is 0 Å². The van der Waals surface area contributed by atoms with Crippen molar-refractivity contribution in [2.45, 2.75) is 0 Å². The fourth-order valence-corrected chi connectivity index (χ4v) is 2.36. The minimum atomic E-state index is 0.256. The molecule has 0 bridgehead atoms. The Morgan fingerprint density at radius 3 is 2.69 bits per heavy atom. The van der Waals surface area contributed by atoms with E-state index < -0.39 is 0 Å². The van der Waals surface area contributed by atoms with Crippen molar-refractivity contribution in [2.24, 2.45) is 0 Å². The van der Waals surface area contributed by atoms with Gasteiger partial charge in [0.1, 0.15) is 0 Å². The van der Waals surface area contributed by atoms with E-state index >= 15 is 0 Å². The van der Waals surface area contributed by atoms with E-state index in [1.807, 2.05) is 6.07 Å². The van der Waals surface area contributed by atoms with Gasteiger partial charge in [0.05, 0.1) is 6.61 Å². The van der Waals surface area contributed by atoms with Crippen molar-refractivity contribution in [1.82, 2.24) is 4.90 Å². The Bertz CT molecular complexity index is 338. The van der Waals surface area contributed by atoms with Gasteiger partial charge in [-0.15, -0.1) is 0 Å². The number of halogens is 1. The second-order valence-corrected chi connectivity index (χ2v) is 4.80. The summed E-state index contributed by atoms with van der Waals surface area (Å²) < 4.78 is 1.00. The Balaban J connectivity index is 1.94. The van der Waals surface area contributed by atoms with E-state index in [4.69, 9.17) is 5.11 Å². The highest BCUT2D eigenvalue weighted by Gasteiger charge is 2.16. The van der Waals surface area contributed by atoms with Gasteiger partial charge in [0.2, 0.25) is 0 Å². The first-order chi connectivity index (χ1) is 7.79. The third-order valence-corrected chi connectivity index (χ3v) is 3.36. The van der Waals surface area contributed by atoms with Gasteiger partial charge in [-0.25, -0.2) is 0 Å². The predicted octanol–water partition coefficient (Wildman–Crippen LogP) is 1.36. The normalized spacial score (nSPS) is 17.8. The molecule has 0 spiro atoms. The zero-order chi connectivity index (χ0) is 11.4. The summed E-state index contributed by atoms with van der Waals surface area (Å²) in [4.78, 5) is 4.66. The largest absolute Gasteiger partial charge is 0.395 e. The van der Waals surface area contributed by atoms with Gasteiger partial charge < -0.3 is 10.0 Å². The van der Waals surface area contributed by atoms with Gasteiger partial charge in [0.15, 0.2) is 0 Å². The number of rotatable bonds is 3. The van der Waals surface area contributed by atoms with Crippen LogP contribution in [0.25, 0.3) is 0 Å². The van der Waals surface area contributed by atoms with Crippen LogP contribution >= 0.6 is 15.9 Å². The summed E-state index contributed by atoms with van der Waals surface area (Å²) in [5, 5.41) is 8.87. The van der Waals surface area contributed by atoms with Gasteiger partial charge in [0, 0.05) is 42.9 Å². The zero-order valence-corrected chi connectivity index (χ0v) is 10.8. The number of anilines is 1. The van der Waals surface area contributed by atoms with E-state index in [2.05, 4.69) is 43.9 Å². The van der Waals surface area contributed by atoms with Crippen molar-refractivity contribution in [3.63, 3.8) is 0 Å². The molecule has 1 saturated heterocycles. The molecule has 1 aromatic carbocycles. The smallest absolute Gasteiger partial charge is 0.0558 e. The van der Waals surface area contributed by atoms with Crippen LogP contribution in [0.5, 0.6) is 0 Å². The molecule has 1 heterocycles. The predicted molar refractivity (Wildman–Crippen MR) is 68.7 cm³/mol. The van der Waals surface area contributed by atoms with Crippen molar-refractivity contribution >= 4 is 21.6 Å². The van der Waals surface area contributed by atoms with Crippen LogP contribution in [0.15, 0.2) is 22.7 Å². The summed E-state index contributed by atoms with van der Waals surface area (Å²) in [6.45, 7) is 5.15. The maximum atomic E-state index is 8.87. The van der Waals surface area contributed by atoms with Crippen LogP contribution in [-0.4, -0.2) is 49.3 Å². The number of aliphatic hydroxyl groups excluding tert-OH is 1. The number of hydrogen-bond donors (Lipinski definition) is 1. The van der Waals surface area contributed by atoms with E-state index in [0.29, 0.717) is 0 Å². The molecule has 4 heteroatoms. The van der Waals surface area contributed by atoms with Gasteiger partial charge in [-0.2, -0.15) is 0 Å². The number of piperazine rings is 1. The topological polar surface area (TPSA) is 26.7 Å². The molecule has 0 unspecified atom stereocenters. The first-order valence-electron chi connectivity index (χ1n) is 5.55. The number of β-amino-alcohol motifs (C(OH)–C–C–N with tert-alkyl or cyclic N) is 1. The molecule has 1 N–H and O–H groups in total. The summed E-state index contributed by atoms with van der Waals surface area (Å²) in [6, 6.07) is 9.22. The lowest BCUT2D eigenvalue weighted by molar-refractivity contribution is 0.189. The lowest BCUT2D eigenvalue weighted by Gasteiger charge is -2.35. The summed E-state index contributed by atoms with van der Waals surface area (Å²) >= 11 is 3.44. The second-order valence-electron chi connectivity index (χ2n) is 3.95. The Labute approximate surface area is 105 Å².